The maximum absolute atomic E-state index is 12.2. The molecule has 3 heteroatoms. The Labute approximate surface area is 140 Å². The van der Waals surface area contributed by atoms with Crippen molar-refractivity contribution in [3.8, 4) is 0 Å². The summed E-state index contributed by atoms with van der Waals surface area (Å²) in [5.74, 6) is 1.43. The zero-order valence-electron chi connectivity index (χ0n) is 14.5. The molecular weight excluding hydrogens is 284 g/mol. The molecule has 1 aromatic carbocycles. The van der Waals surface area contributed by atoms with Gasteiger partial charge in [0.15, 0.2) is 0 Å². The molecule has 0 spiro atoms. The zero-order chi connectivity index (χ0) is 16.2. The molecule has 2 atom stereocenters. The number of carbonyl (C=O) groups excluding carboxylic acids is 1. The molecule has 1 aromatic rings. The van der Waals surface area contributed by atoms with Crippen LogP contribution in [-0.2, 0) is 19.4 Å². The van der Waals surface area contributed by atoms with E-state index in [4.69, 9.17) is 0 Å². The molecule has 126 valence electrons. The molecule has 3 nitrogen and oxygen atoms in total. The van der Waals surface area contributed by atoms with E-state index in [9.17, 15) is 4.79 Å². The summed E-state index contributed by atoms with van der Waals surface area (Å²) in [6.07, 6.45) is 8.42. The molecule has 3 rings (SSSR count). The molecule has 0 aliphatic heterocycles. The van der Waals surface area contributed by atoms with Gasteiger partial charge in [0, 0.05) is 12.6 Å². The van der Waals surface area contributed by atoms with E-state index in [0.717, 1.165) is 19.3 Å². The van der Waals surface area contributed by atoms with Crippen molar-refractivity contribution in [1.82, 2.24) is 10.6 Å². The highest BCUT2D eigenvalue weighted by Crippen LogP contribution is 2.28. The van der Waals surface area contributed by atoms with Gasteiger partial charge in [0.2, 0.25) is 0 Å². The number of hydrogen-bond acceptors (Lipinski definition) is 1. The average molecular weight is 314 g/mol. The molecular formula is C20H30N2O. The van der Waals surface area contributed by atoms with Crippen molar-refractivity contribution in [3.05, 3.63) is 34.9 Å². The minimum Gasteiger partial charge on any atom is -0.335 e. The summed E-state index contributed by atoms with van der Waals surface area (Å²) >= 11 is 0. The zero-order valence-corrected chi connectivity index (χ0v) is 14.5. The Bertz CT molecular complexity index is 545. The second-order valence-electron chi connectivity index (χ2n) is 7.70. The third-order valence-electron chi connectivity index (χ3n) is 5.45. The fourth-order valence-electron chi connectivity index (χ4n) is 4.50. The number of nitrogens with one attached hydrogen (secondary N) is 2. The van der Waals surface area contributed by atoms with Crippen LogP contribution in [0.3, 0.4) is 0 Å². The minimum absolute atomic E-state index is 0.00953. The number of amides is 2. The summed E-state index contributed by atoms with van der Waals surface area (Å²) in [7, 11) is 0. The van der Waals surface area contributed by atoms with E-state index in [-0.39, 0.29) is 6.03 Å². The van der Waals surface area contributed by atoms with Crippen LogP contribution in [0, 0.1) is 11.8 Å². The van der Waals surface area contributed by atoms with Gasteiger partial charge in [-0.1, -0.05) is 32.0 Å². The molecule has 2 aliphatic carbocycles. The van der Waals surface area contributed by atoms with Gasteiger partial charge in [0.25, 0.3) is 0 Å². The van der Waals surface area contributed by atoms with E-state index >= 15 is 0 Å². The van der Waals surface area contributed by atoms with Crippen molar-refractivity contribution in [1.29, 1.82) is 0 Å². The van der Waals surface area contributed by atoms with Gasteiger partial charge >= 0.3 is 6.03 Å². The first kappa shape index (κ1) is 16.4. The van der Waals surface area contributed by atoms with Gasteiger partial charge in [0.05, 0.1) is 0 Å². The first-order chi connectivity index (χ1) is 11.1. The van der Waals surface area contributed by atoms with Gasteiger partial charge < -0.3 is 10.6 Å². The van der Waals surface area contributed by atoms with E-state index in [0.29, 0.717) is 24.4 Å². The standard InChI is InChI=1S/C20H30N2O/c1-14-10-15(2)12-18(11-14)22-20(23)21-13-17-8-5-7-16-6-3-4-9-19(16)17/h5,7-8,14-15,18H,3-4,6,9-13H2,1-2H3,(H2,21,22,23). The molecule has 0 heterocycles. The van der Waals surface area contributed by atoms with Gasteiger partial charge in [-0.2, -0.15) is 0 Å². The molecule has 0 aromatic heterocycles. The van der Waals surface area contributed by atoms with Crippen LogP contribution in [-0.4, -0.2) is 12.1 Å². The maximum Gasteiger partial charge on any atom is 0.315 e. The van der Waals surface area contributed by atoms with Gasteiger partial charge in [-0.25, -0.2) is 4.79 Å². The predicted molar refractivity (Wildman–Crippen MR) is 94.4 cm³/mol. The summed E-state index contributed by atoms with van der Waals surface area (Å²) in [5.41, 5.74) is 4.24. The predicted octanol–water partition coefficient (Wildman–Crippen LogP) is 4.19. The number of benzene rings is 1. The van der Waals surface area contributed by atoms with Gasteiger partial charge in [-0.3, -0.25) is 0 Å². The molecule has 23 heavy (non-hydrogen) atoms. The van der Waals surface area contributed by atoms with Crippen molar-refractivity contribution in [3.63, 3.8) is 0 Å². The highest BCUT2D eigenvalue weighted by atomic mass is 16.2. The molecule has 1 fully saturated rings. The average Bonchev–Trinajstić information content (AvgIpc) is 2.52. The first-order valence-corrected chi connectivity index (χ1v) is 9.26. The molecule has 2 amide bonds. The fraction of sp³-hybridized carbons (Fsp3) is 0.650. The number of aryl methyl sites for hydroxylation is 1. The summed E-state index contributed by atoms with van der Waals surface area (Å²) in [4.78, 5) is 12.2. The molecule has 0 bridgehead atoms. The maximum atomic E-state index is 12.2. The van der Waals surface area contributed by atoms with Crippen LogP contribution in [0.2, 0.25) is 0 Å². The van der Waals surface area contributed by atoms with E-state index in [1.165, 1.54) is 42.4 Å². The topological polar surface area (TPSA) is 41.1 Å². The number of hydrogen-bond donors (Lipinski definition) is 2. The van der Waals surface area contributed by atoms with Crippen LogP contribution in [0.5, 0.6) is 0 Å². The van der Waals surface area contributed by atoms with E-state index < -0.39 is 0 Å². The normalized spacial score (nSPS) is 27.1. The lowest BCUT2D eigenvalue weighted by atomic mass is 9.80. The third kappa shape index (κ3) is 4.27. The van der Waals surface area contributed by atoms with Crippen molar-refractivity contribution in [2.45, 2.75) is 71.4 Å². The Balaban J connectivity index is 1.53. The monoisotopic (exact) mass is 314 g/mol. The van der Waals surface area contributed by atoms with Crippen LogP contribution in [0.4, 0.5) is 4.79 Å². The van der Waals surface area contributed by atoms with Crippen LogP contribution in [0.1, 0.15) is 62.6 Å². The van der Waals surface area contributed by atoms with E-state index in [1.54, 1.807) is 0 Å². The lowest BCUT2D eigenvalue weighted by molar-refractivity contribution is 0.213. The summed E-state index contributed by atoms with van der Waals surface area (Å²) in [6.45, 7) is 5.23. The quantitative estimate of drug-likeness (QED) is 0.863. The molecule has 2 N–H and O–H groups in total. The van der Waals surface area contributed by atoms with Gasteiger partial charge in [-0.05, 0) is 73.5 Å². The van der Waals surface area contributed by atoms with Crippen LogP contribution in [0.25, 0.3) is 0 Å². The van der Waals surface area contributed by atoms with Crippen molar-refractivity contribution >= 4 is 6.03 Å². The number of carbonyl (C=O) groups is 1. The summed E-state index contributed by atoms with van der Waals surface area (Å²) in [5, 5.41) is 6.26. The number of urea groups is 1. The lowest BCUT2D eigenvalue weighted by Crippen LogP contribution is -2.45. The van der Waals surface area contributed by atoms with Crippen LogP contribution < -0.4 is 10.6 Å². The molecule has 0 saturated heterocycles. The van der Waals surface area contributed by atoms with Crippen molar-refractivity contribution in [2.24, 2.45) is 11.8 Å². The molecule has 0 radical (unpaired) electrons. The third-order valence-corrected chi connectivity index (χ3v) is 5.45. The Kier molecular flexibility index (Phi) is 5.24. The first-order valence-electron chi connectivity index (χ1n) is 9.26. The number of rotatable bonds is 3. The Morgan fingerprint density at radius 2 is 1.83 bits per heavy atom. The fourth-order valence-corrected chi connectivity index (χ4v) is 4.50. The Hall–Kier alpha value is -1.51. The number of fused-ring (bicyclic) bond motifs is 1. The van der Waals surface area contributed by atoms with E-state index in [2.05, 4.69) is 42.7 Å². The lowest BCUT2D eigenvalue weighted by Gasteiger charge is -2.32. The van der Waals surface area contributed by atoms with Gasteiger partial charge in [0.1, 0.15) is 0 Å². The largest absolute Gasteiger partial charge is 0.335 e. The Morgan fingerprint density at radius 1 is 1.09 bits per heavy atom. The van der Waals surface area contributed by atoms with Crippen molar-refractivity contribution in [2.75, 3.05) is 0 Å². The van der Waals surface area contributed by atoms with E-state index in [1.807, 2.05) is 0 Å². The second kappa shape index (κ2) is 7.37. The second-order valence-corrected chi connectivity index (χ2v) is 7.70. The molecule has 1 saturated carbocycles. The highest BCUT2D eigenvalue weighted by molar-refractivity contribution is 5.74. The van der Waals surface area contributed by atoms with Crippen LogP contribution in [0.15, 0.2) is 18.2 Å². The summed E-state index contributed by atoms with van der Waals surface area (Å²) < 4.78 is 0. The molecule has 2 aliphatic rings. The highest BCUT2D eigenvalue weighted by Gasteiger charge is 2.25. The minimum atomic E-state index is -0.00953. The molecule has 2 unspecified atom stereocenters. The smallest absolute Gasteiger partial charge is 0.315 e. The van der Waals surface area contributed by atoms with Crippen LogP contribution >= 0.6 is 0 Å². The SMILES string of the molecule is CC1CC(C)CC(NC(=O)NCc2cccc3c2CCCC3)C1. The van der Waals surface area contributed by atoms with Gasteiger partial charge in [-0.15, -0.1) is 0 Å². The summed E-state index contributed by atoms with van der Waals surface area (Å²) in [6, 6.07) is 6.85. The Morgan fingerprint density at radius 3 is 2.61 bits per heavy atom. The van der Waals surface area contributed by atoms with Crippen molar-refractivity contribution < 1.29 is 4.79 Å².